The number of aliphatic hydroxyl groups is 1. The number of benzene rings is 1. The van der Waals surface area contributed by atoms with Crippen molar-refractivity contribution in [3.05, 3.63) is 59.9 Å². The van der Waals surface area contributed by atoms with Crippen molar-refractivity contribution in [1.82, 2.24) is 0 Å². The van der Waals surface area contributed by atoms with Gasteiger partial charge in [-0.2, -0.15) is 4.57 Å². The molecule has 2 aromatic rings. The molecule has 0 aliphatic rings. The molecule has 1 aromatic heterocycles. The first kappa shape index (κ1) is 14.0. The minimum atomic E-state index is -1.04. The van der Waals surface area contributed by atoms with Crippen molar-refractivity contribution in [1.29, 1.82) is 0 Å². The Hall–Kier alpha value is -2.40. The lowest BCUT2D eigenvalue weighted by molar-refractivity contribution is -0.721. The fourth-order valence-corrected chi connectivity index (χ4v) is 2.09. The van der Waals surface area contributed by atoms with Gasteiger partial charge in [-0.1, -0.05) is 36.4 Å². The standard InChI is InChI=1S/C15H15NO4/c17-10-12-6-7-13(18)9-16(12)14(15(19)20)8-11-4-2-1-3-5-11/h1-7,9,14,17H,8,10H2,(H-,18,19,20)/t14-/m0/s1. The zero-order valence-electron chi connectivity index (χ0n) is 10.8. The predicted octanol–water partition coefficient (Wildman–Crippen LogP) is 0.408. The van der Waals surface area contributed by atoms with Crippen LogP contribution in [-0.2, 0) is 17.8 Å². The van der Waals surface area contributed by atoms with Crippen LogP contribution in [0, 0.1) is 0 Å². The maximum absolute atomic E-state index is 11.5. The van der Waals surface area contributed by atoms with Crippen molar-refractivity contribution in [2.24, 2.45) is 0 Å². The number of aliphatic hydroxyl groups excluding tert-OH is 1. The highest BCUT2D eigenvalue weighted by molar-refractivity contribution is 5.70. The zero-order valence-corrected chi connectivity index (χ0v) is 10.8. The normalized spacial score (nSPS) is 12.1. The SMILES string of the molecule is O=C(O)[C@H](Cc1ccccc1)[n+]1cc([O-])ccc1CO. The van der Waals surface area contributed by atoms with E-state index in [0.717, 1.165) is 5.56 Å². The largest absolute Gasteiger partial charge is 0.868 e. The third-order valence-corrected chi connectivity index (χ3v) is 3.09. The van der Waals surface area contributed by atoms with Crippen LogP contribution in [0.15, 0.2) is 48.7 Å². The third kappa shape index (κ3) is 3.13. The Morgan fingerprint density at radius 3 is 2.50 bits per heavy atom. The molecule has 0 radical (unpaired) electrons. The van der Waals surface area contributed by atoms with Crippen LogP contribution in [0.5, 0.6) is 5.75 Å². The molecule has 1 heterocycles. The van der Waals surface area contributed by atoms with Crippen LogP contribution in [-0.4, -0.2) is 16.2 Å². The molecule has 0 spiro atoms. The topological polar surface area (TPSA) is 84.5 Å². The minimum Gasteiger partial charge on any atom is -0.868 e. The van der Waals surface area contributed by atoms with Crippen LogP contribution >= 0.6 is 0 Å². The van der Waals surface area contributed by atoms with Gasteiger partial charge < -0.3 is 15.3 Å². The van der Waals surface area contributed by atoms with Crippen molar-refractivity contribution in [2.45, 2.75) is 19.1 Å². The molecule has 0 saturated heterocycles. The lowest BCUT2D eigenvalue weighted by atomic mass is 10.1. The zero-order chi connectivity index (χ0) is 14.5. The van der Waals surface area contributed by atoms with Gasteiger partial charge in [0.25, 0.3) is 6.04 Å². The Morgan fingerprint density at radius 2 is 1.90 bits per heavy atom. The lowest BCUT2D eigenvalue weighted by Gasteiger charge is -2.13. The van der Waals surface area contributed by atoms with Crippen LogP contribution in [0.1, 0.15) is 17.3 Å². The van der Waals surface area contributed by atoms with E-state index in [1.807, 2.05) is 30.3 Å². The molecule has 2 N–H and O–H groups in total. The molecule has 0 aliphatic heterocycles. The predicted molar refractivity (Wildman–Crippen MR) is 68.8 cm³/mol. The Balaban J connectivity index is 2.38. The Bertz CT molecular complexity index is 598. The summed E-state index contributed by atoms with van der Waals surface area (Å²) in [5, 5.41) is 30.1. The first-order valence-electron chi connectivity index (χ1n) is 6.20. The molecule has 0 saturated carbocycles. The van der Waals surface area contributed by atoms with Crippen molar-refractivity contribution in [3.8, 4) is 5.75 Å². The van der Waals surface area contributed by atoms with Crippen LogP contribution in [0.3, 0.4) is 0 Å². The van der Waals surface area contributed by atoms with Gasteiger partial charge in [-0.25, -0.2) is 4.79 Å². The van der Waals surface area contributed by atoms with Crippen molar-refractivity contribution >= 4 is 5.97 Å². The molecule has 5 nitrogen and oxygen atoms in total. The summed E-state index contributed by atoms with van der Waals surface area (Å²) in [6, 6.07) is 11.0. The smallest absolute Gasteiger partial charge is 0.373 e. The minimum absolute atomic E-state index is 0.247. The molecular formula is C15H15NO4. The van der Waals surface area contributed by atoms with Gasteiger partial charge in [-0.3, -0.25) is 0 Å². The van der Waals surface area contributed by atoms with Gasteiger partial charge in [-0.15, -0.1) is 0 Å². The van der Waals surface area contributed by atoms with Crippen molar-refractivity contribution < 1.29 is 24.7 Å². The van der Waals surface area contributed by atoms with Gasteiger partial charge in [0, 0.05) is 12.5 Å². The van der Waals surface area contributed by atoms with Gasteiger partial charge in [0.15, 0.2) is 6.20 Å². The number of aromatic nitrogens is 1. The van der Waals surface area contributed by atoms with Gasteiger partial charge in [0.2, 0.25) is 5.69 Å². The van der Waals surface area contributed by atoms with E-state index in [1.165, 1.54) is 22.9 Å². The summed E-state index contributed by atoms with van der Waals surface area (Å²) >= 11 is 0. The van der Waals surface area contributed by atoms with Crippen molar-refractivity contribution in [3.63, 3.8) is 0 Å². The van der Waals surface area contributed by atoms with E-state index in [-0.39, 0.29) is 18.8 Å². The average molecular weight is 273 g/mol. The van der Waals surface area contributed by atoms with Crippen molar-refractivity contribution in [2.75, 3.05) is 0 Å². The molecule has 2 rings (SSSR count). The van der Waals surface area contributed by atoms with Crippen LogP contribution in [0.25, 0.3) is 0 Å². The van der Waals surface area contributed by atoms with Gasteiger partial charge in [0.05, 0.1) is 0 Å². The highest BCUT2D eigenvalue weighted by Gasteiger charge is 2.29. The molecule has 0 fully saturated rings. The molecule has 0 bridgehead atoms. The second-order valence-electron chi connectivity index (χ2n) is 4.47. The number of carboxylic acid groups (broad SMARTS) is 1. The number of hydrogen-bond acceptors (Lipinski definition) is 3. The highest BCUT2D eigenvalue weighted by Crippen LogP contribution is 2.12. The van der Waals surface area contributed by atoms with Gasteiger partial charge in [-0.05, 0) is 11.3 Å². The summed E-state index contributed by atoms with van der Waals surface area (Å²) in [7, 11) is 0. The molecule has 0 amide bonds. The maximum Gasteiger partial charge on any atom is 0.373 e. The fraction of sp³-hybridized carbons (Fsp3) is 0.200. The molecule has 20 heavy (non-hydrogen) atoms. The summed E-state index contributed by atoms with van der Waals surface area (Å²) in [5.41, 5.74) is 1.25. The van der Waals surface area contributed by atoms with E-state index < -0.39 is 12.0 Å². The number of aliphatic carboxylic acids is 1. The fourth-order valence-electron chi connectivity index (χ4n) is 2.09. The summed E-state index contributed by atoms with van der Waals surface area (Å²) < 4.78 is 1.33. The number of pyridine rings is 1. The van der Waals surface area contributed by atoms with E-state index in [4.69, 9.17) is 0 Å². The molecule has 0 unspecified atom stereocenters. The second kappa shape index (κ2) is 6.16. The average Bonchev–Trinajstić information content (AvgIpc) is 2.45. The number of carboxylic acids is 1. The van der Waals surface area contributed by atoms with E-state index >= 15 is 0 Å². The molecule has 5 heteroatoms. The maximum atomic E-state index is 11.5. The summed E-state index contributed by atoms with van der Waals surface area (Å²) in [6.07, 6.45) is 1.46. The van der Waals surface area contributed by atoms with E-state index in [2.05, 4.69) is 0 Å². The van der Waals surface area contributed by atoms with Crippen LogP contribution < -0.4 is 9.67 Å². The molecule has 0 aliphatic carbocycles. The summed E-state index contributed by atoms with van der Waals surface area (Å²) in [4.78, 5) is 11.5. The summed E-state index contributed by atoms with van der Waals surface area (Å²) in [5.74, 6) is -1.33. The first-order chi connectivity index (χ1) is 9.61. The Labute approximate surface area is 116 Å². The van der Waals surface area contributed by atoms with E-state index in [0.29, 0.717) is 5.69 Å². The monoisotopic (exact) mass is 273 g/mol. The highest BCUT2D eigenvalue weighted by atomic mass is 16.4. The number of rotatable bonds is 5. The second-order valence-corrected chi connectivity index (χ2v) is 4.47. The first-order valence-corrected chi connectivity index (χ1v) is 6.20. The molecule has 104 valence electrons. The quantitative estimate of drug-likeness (QED) is 0.773. The number of nitrogens with zero attached hydrogens (tertiary/aromatic N) is 1. The van der Waals surface area contributed by atoms with Crippen LogP contribution in [0.2, 0.25) is 0 Å². The third-order valence-electron chi connectivity index (χ3n) is 3.09. The number of hydrogen-bond donors (Lipinski definition) is 2. The lowest BCUT2D eigenvalue weighted by Crippen LogP contribution is -2.48. The van der Waals surface area contributed by atoms with Crippen LogP contribution in [0.4, 0.5) is 0 Å². The number of carbonyl (C=O) groups is 1. The van der Waals surface area contributed by atoms with E-state index in [9.17, 15) is 20.1 Å². The van der Waals surface area contributed by atoms with E-state index in [1.54, 1.807) is 0 Å². The van der Waals surface area contributed by atoms with Gasteiger partial charge in [0.1, 0.15) is 6.61 Å². The Kier molecular flexibility index (Phi) is 4.32. The summed E-state index contributed by atoms with van der Waals surface area (Å²) in [6.45, 7) is -0.321. The van der Waals surface area contributed by atoms with Gasteiger partial charge >= 0.3 is 5.97 Å². The Morgan fingerprint density at radius 1 is 1.20 bits per heavy atom. The molecule has 1 atom stereocenters. The molecule has 1 aromatic carbocycles. The molecular weight excluding hydrogens is 258 g/mol.